The van der Waals surface area contributed by atoms with Crippen LogP contribution in [-0.4, -0.2) is 35.5 Å². The lowest BCUT2D eigenvalue weighted by Crippen LogP contribution is -2.14. The first-order valence-electron chi connectivity index (χ1n) is 5.62. The number of thiocarbonyl (C=S) groups is 1. The van der Waals surface area contributed by atoms with Gasteiger partial charge in [0.15, 0.2) is 0 Å². The lowest BCUT2D eigenvalue weighted by atomic mass is 10.1. The average molecular weight is 247 g/mol. The van der Waals surface area contributed by atoms with Crippen LogP contribution in [0.3, 0.4) is 0 Å². The van der Waals surface area contributed by atoms with E-state index in [0.717, 1.165) is 24.0 Å². The molecule has 0 fully saturated rings. The van der Waals surface area contributed by atoms with Crippen molar-refractivity contribution in [1.82, 2.24) is 9.88 Å². The molecule has 3 nitrogen and oxygen atoms in total. The van der Waals surface area contributed by atoms with Gasteiger partial charge >= 0.3 is 0 Å². The Morgan fingerprint density at radius 2 is 2.18 bits per heavy atom. The summed E-state index contributed by atoms with van der Waals surface area (Å²) in [4.78, 5) is 5.90. The molecule has 0 saturated heterocycles. The highest BCUT2D eigenvalue weighted by Gasteiger charge is 2.06. The zero-order valence-corrected chi connectivity index (χ0v) is 11.0. The molecule has 0 spiro atoms. The van der Waals surface area contributed by atoms with E-state index in [1.165, 1.54) is 10.9 Å². The number of hydrogen-bond donors (Lipinski definition) is 2. The predicted molar refractivity (Wildman–Crippen MR) is 76.4 cm³/mol. The molecule has 3 N–H and O–H groups in total. The molecule has 2 aromatic rings. The van der Waals surface area contributed by atoms with Gasteiger partial charge in [0.25, 0.3) is 0 Å². The molecular weight excluding hydrogens is 230 g/mol. The van der Waals surface area contributed by atoms with Crippen LogP contribution < -0.4 is 5.73 Å². The Balaban J connectivity index is 2.36. The highest BCUT2D eigenvalue weighted by Crippen LogP contribution is 2.20. The molecule has 1 heterocycles. The topological polar surface area (TPSA) is 45.0 Å². The molecule has 0 aliphatic heterocycles. The van der Waals surface area contributed by atoms with Crippen LogP contribution in [0.25, 0.3) is 10.9 Å². The maximum absolute atomic E-state index is 5.66. The number of likely N-dealkylation sites (N-methyl/N-ethyl adjacent to an activating group) is 1. The Bertz CT molecular complexity index is 543. The van der Waals surface area contributed by atoms with E-state index in [1.807, 2.05) is 12.1 Å². The minimum absolute atomic E-state index is 0.451. The number of H-pyrrole nitrogens is 1. The molecule has 4 heteroatoms. The van der Waals surface area contributed by atoms with Crippen LogP contribution >= 0.6 is 12.2 Å². The van der Waals surface area contributed by atoms with Crippen molar-refractivity contribution in [2.75, 3.05) is 20.6 Å². The first-order chi connectivity index (χ1) is 8.08. The Labute approximate surface area is 107 Å². The number of nitrogens with one attached hydrogen (secondary N) is 1. The highest BCUT2D eigenvalue weighted by atomic mass is 32.1. The Kier molecular flexibility index (Phi) is 3.45. The summed E-state index contributed by atoms with van der Waals surface area (Å²) < 4.78 is 0. The summed E-state index contributed by atoms with van der Waals surface area (Å²) in [5.74, 6) is 0. The molecule has 1 aromatic heterocycles. The van der Waals surface area contributed by atoms with Gasteiger partial charge in [-0.1, -0.05) is 12.2 Å². The van der Waals surface area contributed by atoms with Crippen molar-refractivity contribution in [3.05, 3.63) is 35.5 Å². The van der Waals surface area contributed by atoms with Gasteiger partial charge in [0.1, 0.15) is 4.99 Å². The van der Waals surface area contributed by atoms with Gasteiger partial charge in [-0.2, -0.15) is 0 Å². The monoisotopic (exact) mass is 247 g/mol. The second-order valence-corrected chi connectivity index (χ2v) is 4.93. The zero-order chi connectivity index (χ0) is 12.4. The zero-order valence-electron chi connectivity index (χ0n) is 10.2. The van der Waals surface area contributed by atoms with E-state index in [0.29, 0.717) is 4.99 Å². The van der Waals surface area contributed by atoms with Gasteiger partial charge in [-0.3, -0.25) is 0 Å². The molecule has 1 aromatic carbocycles. The third-order valence-electron chi connectivity index (χ3n) is 2.88. The smallest absolute Gasteiger partial charge is 0.104 e. The average Bonchev–Trinajstić information content (AvgIpc) is 2.68. The maximum atomic E-state index is 5.66. The van der Waals surface area contributed by atoms with E-state index in [9.17, 15) is 0 Å². The quantitative estimate of drug-likeness (QED) is 0.811. The summed E-state index contributed by atoms with van der Waals surface area (Å²) in [5.41, 5.74) is 9.04. The summed E-state index contributed by atoms with van der Waals surface area (Å²) >= 11 is 5.01. The Morgan fingerprint density at radius 3 is 2.82 bits per heavy atom. The van der Waals surface area contributed by atoms with Crippen molar-refractivity contribution in [3.63, 3.8) is 0 Å². The molecular formula is C13H17N3S. The SMILES string of the molecule is CN(C)CCc1c[nH]c2ccc(C(N)=S)cc12. The number of hydrogen-bond acceptors (Lipinski definition) is 2. The van der Waals surface area contributed by atoms with Crippen molar-refractivity contribution in [1.29, 1.82) is 0 Å². The second-order valence-electron chi connectivity index (χ2n) is 4.49. The second kappa shape index (κ2) is 4.85. The van der Waals surface area contributed by atoms with Crippen LogP contribution in [0.2, 0.25) is 0 Å². The van der Waals surface area contributed by atoms with E-state index >= 15 is 0 Å². The number of aromatic amines is 1. The fourth-order valence-corrected chi connectivity index (χ4v) is 2.01. The van der Waals surface area contributed by atoms with Crippen molar-refractivity contribution in [2.45, 2.75) is 6.42 Å². The largest absolute Gasteiger partial charge is 0.389 e. The van der Waals surface area contributed by atoms with Crippen LogP contribution in [-0.2, 0) is 6.42 Å². The number of benzene rings is 1. The molecule has 90 valence electrons. The van der Waals surface area contributed by atoms with Gasteiger partial charge in [-0.15, -0.1) is 0 Å². The summed E-state index contributed by atoms with van der Waals surface area (Å²) in [6.07, 6.45) is 3.09. The molecule has 0 aliphatic carbocycles. The van der Waals surface area contributed by atoms with Gasteiger partial charge in [-0.05, 0) is 44.3 Å². The summed E-state index contributed by atoms with van der Waals surface area (Å²) in [6, 6.07) is 6.05. The lowest BCUT2D eigenvalue weighted by molar-refractivity contribution is 0.414. The van der Waals surface area contributed by atoms with E-state index in [-0.39, 0.29) is 0 Å². The minimum atomic E-state index is 0.451. The van der Waals surface area contributed by atoms with E-state index in [1.54, 1.807) is 0 Å². The number of nitrogens with zero attached hydrogens (tertiary/aromatic N) is 1. The van der Waals surface area contributed by atoms with Crippen LogP contribution in [0, 0.1) is 0 Å². The van der Waals surface area contributed by atoms with Crippen LogP contribution in [0.4, 0.5) is 0 Å². The number of rotatable bonds is 4. The summed E-state index contributed by atoms with van der Waals surface area (Å²) in [7, 11) is 4.16. The predicted octanol–water partition coefficient (Wildman–Crippen LogP) is 1.91. The normalized spacial score (nSPS) is 11.2. The molecule has 17 heavy (non-hydrogen) atoms. The van der Waals surface area contributed by atoms with E-state index in [2.05, 4.69) is 36.2 Å². The number of nitrogens with two attached hydrogens (primary N) is 1. The van der Waals surface area contributed by atoms with Crippen molar-refractivity contribution >= 4 is 28.1 Å². The number of aromatic nitrogens is 1. The first kappa shape index (κ1) is 12.1. The Morgan fingerprint density at radius 1 is 1.41 bits per heavy atom. The van der Waals surface area contributed by atoms with Crippen molar-refractivity contribution < 1.29 is 0 Å². The summed E-state index contributed by atoms with van der Waals surface area (Å²) in [5, 5.41) is 1.22. The third-order valence-corrected chi connectivity index (χ3v) is 3.12. The highest BCUT2D eigenvalue weighted by molar-refractivity contribution is 7.80. The fourth-order valence-electron chi connectivity index (χ4n) is 1.88. The van der Waals surface area contributed by atoms with Crippen LogP contribution in [0.5, 0.6) is 0 Å². The molecule has 0 aliphatic rings. The summed E-state index contributed by atoms with van der Waals surface area (Å²) in [6.45, 7) is 1.03. The van der Waals surface area contributed by atoms with Gasteiger partial charge in [0.05, 0.1) is 0 Å². The Hall–Kier alpha value is -1.39. The molecule has 0 radical (unpaired) electrons. The lowest BCUT2D eigenvalue weighted by Gasteiger charge is -2.08. The minimum Gasteiger partial charge on any atom is -0.389 e. The van der Waals surface area contributed by atoms with Gasteiger partial charge < -0.3 is 15.6 Å². The fraction of sp³-hybridized carbons (Fsp3) is 0.308. The molecule has 0 saturated carbocycles. The van der Waals surface area contributed by atoms with Gasteiger partial charge in [-0.25, -0.2) is 0 Å². The molecule has 0 unspecified atom stereocenters. The van der Waals surface area contributed by atoms with Gasteiger partial charge in [0.2, 0.25) is 0 Å². The van der Waals surface area contributed by atoms with Crippen molar-refractivity contribution in [3.8, 4) is 0 Å². The van der Waals surface area contributed by atoms with Crippen LogP contribution in [0.15, 0.2) is 24.4 Å². The molecule has 0 amide bonds. The third kappa shape index (κ3) is 2.65. The maximum Gasteiger partial charge on any atom is 0.104 e. The number of fused-ring (bicyclic) bond motifs is 1. The molecule has 2 rings (SSSR count). The van der Waals surface area contributed by atoms with E-state index in [4.69, 9.17) is 18.0 Å². The molecule has 0 bridgehead atoms. The van der Waals surface area contributed by atoms with Crippen molar-refractivity contribution in [2.24, 2.45) is 5.73 Å². The molecule has 0 atom stereocenters. The first-order valence-corrected chi connectivity index (χ1v) is 6.03. The van der Waals surface area contributed by atoms with Gasteiger partial charge in [0, 0.05) is 29.2 Å². The standard InChI is InChI=1S/C13H17N3S/c1-16(2)6-5-10-8-15-12-4-3-9(13(14)17)7-11(10)12/h3-4,7-8,15H,5-6H2,1-2H3,(H2,14,17). The van der Waals surface area contributed by atoms with Crippen LogP contribution in [0.1, 0.15) is 11.1 Å². The van der Waals surface area contributed by atoms with E-state index < -0.39 is 0 Å².